The molecule has 2 aromatic heterocycles. The topological polar surface area (TPSA) is 146 Å². The van der Waals surface area contributed by atoms with Crippen LogP contribution in [0.4, 0.5) is 5.69 Å². The van der Waals surface area contributed by atoms with Gasteiger partial charge in [0.2, 0.25) is 5.91 Å². The molecule has 4 aromatic rings. The summed E-state index contributed by atoms with van der Waals surface area (Å²) < 4.78 is 11.1. The lowest BCUT2D eigenvalue weighted by Gasteiger charge is -2.23. The minimum absolute atomic E-state index is 0.154. The largest absolute Gasteiger partial charge is 0.495 e. The minimum atomic E-state index is -0.999. The van der Waals surface area contributed by atoms with Gasteiger partial charge in [0.25, 0.3) is 11.5 Å². The van der Waals surface area contributed by atoms with Crippen LogP contribution in [0.5, 0.6) is 5.75 Å². The maximum absolute atomic E-state index is 13.9. The predicted octanol–water partition coefficient (Wildman–Crippen LogP) is 4.66. The molecule has 0 spiro atoms. The Bertz CT molecular complexity index is 1830. The molecule has 0 radical (unpaired) electrons. The van der Waals surface area contributed by atoms with Crippen molar-refractivity contribution in [2.75, 3.05) is 33.2 Å². The molecule has 3 N–H and O–H groups in total. The first-order chi connectivity index (χ1) is 20.8. The number of methoxy groups -OCH3 is 2. The van der Waals surface area contributed by atoms with E-state index in [2.05, 4.69) is 26.7 Å². The van der Waals surface area contributed by atoms with E-state index in [9.17, 15) is 19.6 Å². The van der Waals surface area contributed by atoms with Crippen molar-refractivity contribution in [3.63, 3.8) is 0 Å². The van der Waals surface area contributed by atoms with Gasteiger partial charge < -0.3 is 25.1 Å². The summed E-state index contributed by atoms with van der Waals surface area (Å²) in [4.78, 5) is 46.3. The predicted molar refractivity (Wildman–Crippen MR) is 163 cm³/mol. The number of aromatic nitrogens is 2. The number of amides is 2. The highest BCUT2D eigenvalue weighted by atomic mass is 35.5. The molecule has 0 saturated heterocycles. The van der Waals surface area contributed by atoms with Gasteiger partial charge in [-0.3, -0.25) is 14.4 Å². The summed E-state index contributed by atoms with van der Waals surface area (Å²) in [6.07, 6.45) is 3.53. The van der Waals surface area contributed by atoms with E-state index >= 15 is 0 Å². The van der Waals surface area contributed by atoms with Crippen molar-refractivity contribution in [2.24, 2.45) is 0 Å². The van der Waals surface area contributed by atoms with E-state index in [0.717, 1.165) is 22.3 Å². The van der Waals surface area contributed by atoms with Crippen molar-refractivity contribution < 1.29 is 19.1 Å². The van der Waals surface area contributed by atoms with Crippen molar-refractivity contribution in [3.8, 4) is 34.1 Å². The van der Waals surface area contributed by atoms with Crippen molar-refractivity contribution in [2.45, 2.75) is 18.8 Å². The number of pyridine rings is 2. The van der Waals surface area contributed by atoms with E-state index in [4.69, 9.17) is 21.1 Å². The Morgan fingerprint density at radius 1 is 1.14 bits per heavy atom. The smallest absolute Gasteiger partial charge is 0.269 e. The fourth-order valence-electron chi connectivity index (χ4n) is 5.50. The number of nitrogens with zero attached hydrogens (tertiary/aromatic N) is 2. The zero-order valence-electron chi connectivity index (χ0n) is 23.7. The van der Waals surface area contributed by atoms with Gasteiger partial charge in [-0.25, -0.2) is 4.98 Å². The van der Waals surface area contributed by atoms with Crippen molar-refractivity contribution in [3.05, 3.63) is 98.2 Å². The van der Waals surface area contributed by atoms with Gasteiger partial charge in [0.05, 0.1) is 36.5 Å². The zero-order chi connectivity index (χ0) is 30.7. The number of nitriles is 1. The average Bonchev–Trinajstić information content (AvgIpc) is 3.41. The highest BCUT2D eigenvalue weighted by Crippen LogP contribution is 2.49. The number of fused-ring (bicyclic) bond motifs is 3. The minimum Gasteiger partial charge on any atom is -0.495 e. The molecule has 1 aliphatic rings. The highest BCUT2D eigenvalue weighted by molar-refractivity contribution is 6.34. The van der Waals surface area contributed by atoms with Crippen LogP contribution in [0, 0.1) is 11.3 Å². The fourth-order valence-corrected chi connectivity index (χ4v) is 5.79. The summed E-state index contributed by atoms with van der Waals surface area (Å²) in [6.45, 7) is 0.174. The second kappa shape index (κ2) is 12.5. The number of aromatic amines is 1. The van der Waals surface area contributed by atoms with Gasteiger partial charge in [0.1, 0.15) is 11.4 Å². The zero-order valence-corrected chi connectivity index (χ0v) is 24.5. The van der Waals surface area contributed by atoms with E-state index in [1.54, 1.807) is 18.2 Å². The van der Waals surface area contributed by atoms with E-state index in [0.29, 0.717) is 39.6 Å². The maximum atomic E-state index is 13.9. The Morgan fingerprint density at radius 2 is 1.95 bits per heavy atom. The van der Waals surface area contributed by atoms with Crippen molar-refractivity contribution in [1.82, 2.24) is 15.3 Å². The lowest BCUT2D eigenvalue weighted by Crippen LogP contribution is -2.29. The number of carbonyl (C=O) groups is 2. The molecule has 0 bridgehead atoms. The lowest BCUT2D eigenvalue weighted by atomic mass is 9.84. The van der Waals surface area contributed by atoms with Gasteiger partial charge in [0, 0.05) is 48.7 Å². The van der Waals surface area contributed by atoms with Crippen LogP contribution in [0.15, 0.2) is 59.7 Å². The van der Waals surface area contributed by atoms with Crippen LogP contribution >= 0.6 is 11.6 Å². The molecule has 43 heavy (non-hydrogen) atoms. The number of benzene rings is 2. The first-order valence-corrected chi connectivity index (χ1v) is 13.8. The quantitative estimate of drug-likeness (QED) is 0.224. The van der Waals surface area contributed by atoms with Gasteiger partial charge >= 0.3 is 0 Å². The molecule has 1 unspecified atom stereocenters. The number of carbonyl (C=O) groups excluding carboxylic acids is 2. The number of anilines is 1. The van der Waals surface area contributed by atoms with E-state index < -0.39 is 17.4 Å². The van der Waals surface area contributed by atoms with Crippen LogP contribution in [-0.4, -0.2) is 49.7 Å². The summed E-state index contributed by atoms with van der Waals surface area (Å²) in [7, 11) is 4.48. The normalized spacial score (nSPS) is 12.1. The molecular weight excluding hydrogens is 570 g/mol. The summed E-state index contributed by atoms with van der Waals surface area (Å²) >= 11 is 6.71. The van der Waals surface area contributed by atoms with Crippen LogP contribution < -0.4 is 20.9 Å². The van der Waals surface area contributed by atoms with E-state index in [-0.39, 0.29) is 30.2 Å². The summed E-state index contributed by atoms with van der Waals surface area (Å²) in [5, 5.41) is 15.8. The molecule has 218 valence electrons. The van der Waals surface area contributed by atoms with Gasteiger partial charge in [-0.2, -0.15) is 5.26 Å². The van der Waals surface area contributed by atoms with Crippen LogP contribution in [-0.2, 0) is 16.0 Å². The third-order valence-electron chi connectivity index (χ3n) is 7.43. The van der Waals surface area contributed by atoms with Crippen molar-refractivity contribution in [1.29, 1.82) is 5.26 Å². The molecule has 0 fully saturated rings. The van der Waals surface area contributed by atoms with Crippen LogP contribution in [0.3, 0.4) is 0 Å². The number of ether oxygens (including phenoxy) is 2. The highest BCUT2D eigenvalue weighted by Gasteiger charge is 2.33. The van der Waals surface area contributed by atoms with E-state index in [1.807, 2.05) is 18.2 Å². The maximum Gasteiger partial charge on any atom is 0.269 e. The van der Waals surface area contributed by atoms with Crippen LogP contribution in [0.2, 0.25) is 5.02 Å². The van der Waals surface area contributed by atoms with Gasteiger partial charge in [0.15, 0.2) is 0 Å². The summed E-state index contributed by atoms with van der Waals surface area (Å²) in [6, 6.07) is 14.4. The molecule has 10 nitrogen and oxygen atoms in total. The second-order valence-corrected chi connectivity index (χ2v) is 10.3. The van der Waals surface area contributed by atoms with Gasteiger partial charge in [-0.1, -0.05) is 23.7 Å². The number of rotatable bonds is 9. The molecule has 2 heterocycles. The molecule has 0 saturated carbocycles. The van der Waals surface area contributed by atoms with Gasteiger partial charge in [-0.15, -0.1) is 0 Å². The van der Waals surface area contributed by atoms with Crippen molar-refractivity contribution >= 4 is 29.1 Å². The van der Waals surface area contributed by atoms with E-state index in [1.165, 1.54) is 39.7 Å². The van der Waals surface area contributed by atoms with Crippen LogP contribution in [0.1, 0.15) is 45.1 Å². The number of nitrogens with one attached hydrogen (secondary N) is 3. The SMILES string of the molecule is CNC(=O)c1ccc(NC(=O)C(CCOC)c2c(-c3cc(C#N)cc4c3-c3c(Cl)cccc3C4)c(OC)c[nH]c2=O)cn1. The monoisotopic (exact) mass is 597 g/mol. The number of hydrogen-bond donors (Lipinski definition) is 3. The van der Waals surface area contributed by atoms with Crippen LogP contribution in [0.25, 0.3) is 22.3 Å². The summed E-state index contributed by atoms with van der Waals surface area (Å²) in [5.41, 5.74) is 5.00. The molecule has 5 rings (SSSR count). The average molecular weight is 598 g/mol. The molecule has 1 aliphatic carbocycles. The standard InChI is InChI=1S/C32H28ClN5O5/c1-35-31(40)24-8-7-20(15-36-24)38-30(39)21(9-10-42-2)29-28(25(43-3)16-37-32(29)41)22-12-17(14-34)11-19-13-18-5-4-6-23(33)27(18)26(19)22/h4-8,11-12,15-16,21H,9-10,13H2,1-3H3,(H,35,40)(H,37,41)(H,38,39). The number of H-pyrrole nitrogens is 1. The fraction of sp³-hybridized carbons (Fsp3) is 0.219. The Hall–Kier alpha value is -4.98. The molecule has 2 aromatic carbocycles. The Kier molecular flexibility index (Phi) is 8.57. The molecule has 0 aliphatic heterocycles. The first kappa shape index (κ1) is 29.5. The lowest BCUT2D eigenvalue weighted by molar-refractivity contribution is -0.118. The molecule has 11 heteroatoms. The first-order valence-electron chi connectivity index (χ1n) is 13.4. The number of hydrogen-bond acceptors (Lipinski definition) is 7. The van der Waals surface area contributed by atoms with Gasteiger partial charge in [-0.05, 0) is 65.4 Å². The summed E-state index contributed by atoms with van der Waals surface area (Å²) in [5.74, 6) is -1.53. The Balaban J connectivity index is 1.70. The molecule has 2 amide bonds. The third kappa shape index (κ3) is 5.60. The molecule has 1 atom stereocenters. The Morgan fingerprint density at radius 3 is 2.63 bits per heavy atom. The third-order valence-corrected chi connectivity index (χ3v) is 7.75. The Labute approximate surface area is 252 Å². The second-order valence-electron chi connectivity index (χ2n) is 9.93. The number of halogens is 1. The molecular formula is C32H28ClN5O5.